The minimum Gasteiger partial charge on any atom is -0.491 e. The van der Waals surface area contributed by atoms with Crippen LogP contribution in [-0.2, 0) is 11.3 Å². The van der Waals surface area contributed by atoms with Crippen molar-refractivity contribution in [3.63, 3.8) is 0 Å². The molecule has 0 saturated carbocycles. The average Bonchev–Trinajstić information content (AvgIpc) is 3.12. The third-order valence-electron chi connectivity index (χ3n) is 6.34. The van der Waals surface area contributed by atoms with E-state index in [-0.39, 0.29) is 31.0 Å². The highest BCUT2D eigenvalue weighted by Gasteiger charge is 2.52. The fraction of sp³-hybridized carbons (Fsp3) is 0.500. The zero-order valence-corrected chi connectivity index (χ0v) is 17.0. The second-order valence-corrected chi connectivity index (χ2v) is 8.00. The van der Waals surface area contributed by atoms with E-state index in [1.165, 1.54) is 9.58 Å². The summed E-state index contributed by atoms with van der Waals surface area (Å²) in [5.41, 5.74) is 5.92. The number of para-hydroxylation sites is 2. The number of amides is 2. The van der Waals surface area contributed by atoms with E-state index in [1.54, 1.807) is 31.3 Å². The number of halogens is 3. The molecule has 0 aliphatic carbocycles. The van der Waals surface area contributed by atoms with E-state index in [0.717, 1.165) is 6.92 Å². The van der Waals surface area contributed by atoms with Crippen molar-refractivity contribution in [2.45, 2.75) is 32.0 Å². The van der Waals surface area contributed by atoms with Crippen LogP contribution < -0.4 is 15.4 Å². The number of ether oxygens (including phenoxy) is 1. The minimum atomic E-state index is -4.48. The van der Waals surface area contributed by atoms with Crippen LogP contribution in [0.1, 0.15) is 35.4 Å². The highest BCUT2D eigenvalue weighted by atomic mass is 19.4. The Morgan fingerprint density at radius 2 is 2.03 bits per heavy atom. The fourth-order valence-electron chi connectivity index (χ4n) is 4.67. The zero-order chi connectivity index (χ0) is 22.5. The number of primary amides is 1. The van der Waals surface area contributed by atoms with Crippen LogP contribution in [-0.4, -0.2) is 46.6 Å². The molecule has 3 heterocycles. The number of fused-ring (bicyclic) bond motifs is 2. The van der Waals surface area contributed by atoms with Gasteiger partial charge in [-0.15, -0.1) is 5.10 Å². The Bertz CT molecular complexity index is 1020. The van der Waals surface area contributed by atoms with Gasteiger partial charge in [0.15, 0.2) is 5.69 Å². The number of rotatable bonds is 3. The molecule has 11 heteroatoms. The normalized spacial score (nSPS) is 24.6. The molecule has 4 rings (SSSR count). The highest BCUT2D eigenvalue weighted by Crippen LogP contribution is 2.49. The van der Waals surface area contributed by atoms with Gasteiger partial charge in [-0.3, -0.25) is 9.59 Å². The SMILES string of the molecule is CC(C1CCn2nnc(C(N)=O)c2C1[C@H]1COc2ccccc2N(C)C1=O)C(F)(F)F. The van der Waals surface area contributed by atoms with Gasteiger partial charge >= 0.3 is 6.18 Å². The number of aromatic nitrogens is 3. The second-order valence-electron chi connectivity index (χ2n) is 8.00. The second kappa shape index (κ2) is 7.54. The van der Waals surface area contributed by atoms with Gasteiger partial charge in [0.2, 0.25) is 5.91 Å². The van der Waals surface area contributed by atoms with E-state index >= 15 is 0 Å². The number of anilines is 1. The average molecular weight is 437 g/mol. The lowest BCUT2D eigenvalue weighted by Crippen LogP contribution is -2.45. The van der Waals surface area contributed by atoms with Gasteiger partial charge in [-0.25, -0.2) is 4.68 Å². The van der Waals surface area contributed by atoms with Crippen LogP contribution >= 0.6 is 0 Å². The Kier molecular flexibility index (Phi) is 5.14. The van der Waals surface area contributed by atoms with Crippen molar-refractivity contribution in [3.8, 4) is 5.75 Å². The van der Waals surface area contributed by atoms with Gasteiger partial charge in [0.1, 0.15) is 12.4 Å². The molecule has 0 radical (unpaired) electrons. The largest absolute Gasteiger partial charge is 0.491 e. The summed E-state index contributed by atoms with van der Waals surface area (Å²) >= 11 is 0. The van der Waals surface area contributed by atoms with E-state index < -0.39 is 41.7 Å². The third kappa shape index (κ3) is 3.51. The zero-order valence-electron chi connectivity index (χ0n) is 17.0. The quantitative estimate of drug-likeness (QED) is 0.794. The van der Waals surface area contributed by atoms with Crippen LogP contribution in [0.25, 0.3) is 0 Å². The van der Waals surface area contributed by atoms with Crippen molar-refractivity contribution in [2.24, 2.45) is 23.5 Å². The maximum Gasteiger partial charge on any atom is 0.391 e. The molecule has 166 valence electrons. The first-order chi connectivity index (χ1) is 14.6. The molecule has 2 aliphatic rings. The summed E-state index contributed by atoms with van der Waals surface area (Å²) in [7, 11) is 1.55. The molecule has 1 aromatic carbocycles. The highest BCUT2D eigenvalue weighted by molar-refractivity contribution is 5.98. The monoisotopic (exact) mass is 437 g/mol. The lowest BCUT2D eigenvalue weighted by Gasteiger charge is -2.40. The van der Waals surface area contributed by atoms with Crippen LogP contribution in [0.3, 0.4) is 0 Å². The number of aryl methyl sites for hydroxylation is 1. The molecule has 0 bridgehead atoms. The van der Waals surface area contributed by atoms with E-state index in [9.17, 15) is 22.8 Å². The molecule has 0 fully saturated rings. The van der Waals surface area contributed by atoms with Crippen molar-refractivity contribution in [1.29, 1.82) is 0 Å². The summed E-state index contributed by atoms with van der Waals surface area (Å²) in [5, 5.41) is 7.70. The third-order valence-corrected chi connectivity index (χ3v) is 6.34. The Balaban J connectivity index is 1.83. The van der Waals surface area contributed by atoms with Crippen molar-refractivity contribution < 1.29 is 27.5 Å². The molecule has 2 amide bonds. The van der Waals surface area contributed by atoms with Crippen molar-refractivity contribution in [2.75, 3.05) is 18.6 Å². The molecule has 2 aliphatic heterocycles. The number of carbonyl (C=O) groups excluding carboxylic acids is 2. The summed E-state index contributed by atoms with van der Waals surface area (Å²) in [5.74, 6) is -5.51. The lowest BCUT2D eigenvalue weighted by molar-refractivity contribution is -0.190. The Labute approximate surface area is 176 Å². The minimum absolute atomic E-state index is 0.125. The van der Waals surface area contributed by atoms with Gasteiger partial charge in [-0.2, -0.15) is 13.2 Å². The summed E-state index contributed by atoms with van der Waals surface area (Å²) in [6.45, 7) is 1.10. The smallest absolute Gasteiger partial charge is 0.391 e. The molecule has 2 aromatic rings. The summed E-state index contributed by atoms with van der Waals surface area (Å²) in [6, 6.07) is 6.88. The molecule has 0 saturated heterocycles. The van der Waals surface area contributed by atoms with Gasteiger partial charge < -0.3 is 15.4 Å². The molecule has 0 spiro atoms. The molecular formula is C20H22F3N5O3. The number of hydrogen-bond donors (Lipinski definition) is 1. The summed E-state index contributed by atoms with van der Waals surface area (Å²) in [4.78, 5) is 26.8. The van der Waals surface area contributed by atoms with E-state index in [2.05, 4.69) is 10.3 Å². The van der Waals surface area contributed by atoms with Crippen molar-refractivity contribution in [1.82, 2.24) is 15.0 Å². The van der Waals surface area contributed by atoms with Gasteiger partial charge in [-0.05, 0) is 24.5 Å². The van der Waals surface area contributed by atoms with E-state index in [4.69, 9.17) is 10.5 Å². The Hall–Kier alpha value is -3.11. The molecule has 3 unspecified atom stereocenters. The lowest BCUT2D eigenvalue weighted by atomic mass is 9.69. The van der Waals surface area contributed by atoms with Gasteiger partial charge in [0.05, 0.1) is 23.2 Å². The molecule has 1 aromatic heterocycles. The predicted molar refractivity (Wildman–Crippen MR) is 103 cm³/mol. The molecule has 31 heavy (non-hydrogen) atoms. The number of alkyl halides is 3. The first-order valence-corrected chi connectivity index (χ1v) is 9.90. The van der Waals surface area contributed by atoms with Crippen LogP contribution in [0.5, 0.6) is 5.75 Å². The molecule has 8 nitrogen and oxygen atoms in total. The number of nitrogens with two attached hydrogens (primary N) is 1. The van der Waals surface area contributed by atoms with Crippen LogP contribution in [0, 0.1) is 17.8 Å². The van der Waals surface area contributed by atoms with Crippen molar-refractivity contribution in [3.05, 3.63) is 35.7 Å². The molecular weight excluding hydrogens is 415 g/mol. The van der Waals surface area contributed by atoms with E-state index in [1.807, 2.05) is 0 Å². The fourth-order valence-corrected chi connectivity index (χ4v) is 4.67. The first-order valence-electron chi connectivity index (χ1n) is 9.90. The van der Waals surface area contributed by atoms with Crippen molar-refractivity contribution >= 4 is 17.5 Å². The topological polar surface area (TPSA) is 103 Å². The predicted octanol–water partition coefficient (Wildman–Crippen LogP) is 2.35. The van der Waals surface area contributed by atoms with Gasteiger partial charge in [0, 0.05) is 19.5 Å². The van der Waals surface area contributed by atoms with Gasteiger partial charge in [-0.1, -0.05) is 24.3 Å². The first kappa shape index (κ1) is 21.1. The molecule has 2 N–H and O–H groups in total. The summed E-state index contributed by atoms with van der Waals surface area (Å²) < 4.78 is 48.5. The van der Waals surface area contributed by atoms with Crippen LogP contribution in [0.15, 0.2) is 24.3 Å². The molecule has 4 atom stereocenters. The standard InChI is InChI=1S/C20H22F3N5O3/c1-10(20(21,22)23)11-7-8-28-17(16(18(24)29)25-26-28)15(11)12-9-31-14-6-4-3-5-13(14)27(2)19(12)30/h3-6,10-12,15H,7-9H2,1-2H3,(H2,24,29)/t10?,11?,12-,15?/m1/s1. The number of benzene rings is 1. The van der Waals surface area contributed by atoms with E-state index in [0.29, 0.717) is 11.4 Å². The maximum atomic E-state index is 13.7. The summed E-state index contributed by atoms with van der Waals surface area (Å²) in [6.07, 6.45) is -4.35. The maximum absolute atomic E-state index is 13.7. The van der Waals surface area contributed by atoms with Gasteiger partial charge in [0.25, 0.3) is 5.91 Å². The Morgan fingerprint density at radius 1 is 1.32 bits per heavy atom. The number of carbonyl (C=O) groups is 2. The van der Waals surface area contributed by atoms with Crippen LogP contribution in [0.2, 0.25) is 0 Å². The number of nitrogens with zero attached hydrogens (tertiary/aromatic N) is 4. The number of hydrogen-bond acceptors (Lipinski definition) is 5. The Morgan fingerprint density at radius 3 is 2.71 bits per heavy atom. The van der Waals surface area contributed by atoms with Crippen LogP contribution in [0.4, 0.5) is 18.9 Å².